The van der Waals surface area contributed by atoms with Crippen LogP contribution in [0.25, 0.3) is 0 Å². The van der Waals surface area contributed by atoms with Crippen LogP contribution in [0.5, 0.6) is 0 Å². The molecule has 0 aromatic heterocycles. The molecule has 2 rings (SSSR count). The number of aryl methyl sites for hydroxylation is 1. The second-order valence-electron chi connectivity index (χ2n) is 5.25. The van der Waals surface area contributed by atoms with Crippen LogP contribution in [0.2, 0.25) is 0 Å². The van der Waals surface area contributed by atoms with Gasteiger partial charge in [0.15, 0.2) is 0 Å². The van der Waals surface area contributed by atoms with E-state index in [1.165, 1.54) is 12.1 Å². The number of nitrogens with one attached hydrogen (secondary N) is 2. The molecule has 1 heterocycles. The molecular formula is C13H20ClN3O4S. The molecule has 1 atom stereocenters. The maximum atomic E-state index is 12.1. The molecule has 7 nitrogen and oxygen atoms in total. The summed E-state index contributed by atoms with van der Waals surface area (Å²) in [6, 6.07) is 3.95. The maximum Gasteiger partial charge on any atom is 0.273 e. The molecule has 0 radical (unpaired) electrons. The highest BCUT2D eigenvalue weighted by Gasteiger charge is 2.20. The van der Waals surface area contributed by atoms with Crippen molar-refractivity contribution in [3.63, 3.8) is 0 Å². The Bertz CT molecular complexity index is 630. The monoisotopic (exact) mass is 349 g/mol. The lowest BCUT2D eigenvalue weighted by Crippen LogP contribution is -2.26. The summed E-state index contributed by atoms with van der Waals surface area (Å²) >= 11 is 0. The molecule has 1 aliphatic heterocycles. The summed E-state index contributed by atoms with van der Waals surface area (Å²) in [7, 11) is -3.70. The number of halogens is 1. The zero-order valence-corrected chi connectivity index (χ0v) is 13.9. The highest BCUT2D eigenvalue weighted by atomic mass is 35.5. The molecule has 1 fully saturated rings. The van der Waals surface area contributed by atoms with Crippen molar-refractivity contribution >= 4 is 28.1 Å². The van der Waals surface area contributed by atoms with Crippen LogP contribution in [0.15, 0.2) is 23.1 Å². The first-order valence-electron chi connectivity index (χ1n) is 6.85. The molecule has 1 unspecified atom stereocenters. The Morgan fingerprint density at radius 1 is 1.45 bits per heavy atom. The average Bonchev–Trinajstić information content (AvgIpc) is 2.91. The molecule has 0 spiro atoms. The van der Waals surface area contributed by atoms with Gasteiger partial charge in [-0.15, -0.1) is 12.4 Å². The molecule has 1 aliphatic rings. The van der Waals surface area contributed by atoms with E-state index in [1.807, 2.05) is 0 Å². The Morgan fingerprint density at radius 3 is 2.77 bits per heavy atom. The van der Waals surface area contributed by atoms with Gasteiger partial charge in [0, 0.05) is 18.2 Å². The highest BCUT2D eigenvalue weighted by Crippen LogP contribution is 2.22. The lowest BCUT2D eigenvalue weighted by molar-refractivity contribution is -0.385. The number of nitro groups is 1. The second-order valence-corrected chi connectivity index (χ2v) is 7.02. The van der Waals surface area contributed by atoms with E-state index >= 15 is 0 Å². The van der Waals surface area contributed by atoms with Gasteiger partial charge in [0.1, 0.15) is 0 Å². The van der Waals surface area contributed by atoms with E-state index in [0.29, 0.717) is 18.0 Å². The Kier molecular flexibility index (Phi) is 6.73. The lowest BCUT2D eigenvalue weighted by Gasteiger charge is -2.10. The molecule has 124 valence electrons. The lowest BCUT2D eigenvalue weighted by atomic mass is 10.1. The fraction of sp³-hybridized carbons (Fsp3) is 0.538. The molecule has 1 aromatic rings. The van der Waals surface area contributed by atoms with Crippen molar-refractivity contribution in [1.82, 2.24) is 10.0 Å². The molecule has 0 bridgehead atoms. The summed E-state index contributed by atoms with van der Waals surface area (Å²) in [5.41, 5.74) is 0.258. The van der Waals surface area contributed by atoms with Crippen molar-refractivity contribution < 1.29 is 13.3 Å². The third-order valence-corrected chi connectivity index (χ3v) is 5.15. The number of rotatable bonds is 6. The van der Waals surface area contributed by atoms with Gasteiger partial charge < -0.3 is 5.32 Å². The topological polar surface area (TPSA) is 101 Å². The zero-order valence-electron chi connectivity index (χ0n) is 12.2. The molecule has 9 heteroatoms. The fourth-order valence-electron chi connectivity index (χ4n) is 2.39. The van der Waals surface area contributed by atoms with Crippen molar-refractivity contribution in [3.05, 3.63) is 33.9 Å². The minimum absolute atomic E-state index is 0. The van der Waals surface area contributed by atoms with Gasteiger partial charge in [0.2, 0.25) is 10.0 Å². The first kappa shape index (κ1) is 18.8. The summed E-state index contributed by atoms with van der Waals surface area (Å²) in [5, 5.41) is 14.1. The van der Waals surface area contributed by atoms with Crippen LogP contribution >= 0.6 is 12.4 Å². The smallest absolute Gasteiger partial charge is 0.273 e. The van der Waals surface area contributed by atoms with Gasteiger partial charge in [-0.1, -0.05) is 6.07 Å². The van der Waals surface area contributed by atoms with E-state index in [1.54, 1.807) is 6.92 Å². The Labute approximate surface area is 136 Å². The van der Waals surface area contributed by atoms with Crippen LogP contribution in [0.4, 0.5) is 5.69 Å². The zero-order chi connectivity index (χ0) is 15.5. The van der Waals surface area contributed by atoms with E-state index in [-0.39, 0.29) is 23.0 Å². The third kappa shape index (κ3) is 4.64. The minimum atomic E-state index is -3.70. The van der Waals surface area contributed by atoms with Crippen LogP contribution in [0, 0.1) is 23.0 Å². The molecule has 22 heavy (non-hydrogen) atoms. The van der Waals surface area contributed by atoms with Crippen molar-refractivity contribution in [1.29, 1.82) is 0 Å². The number of hydrogen-bond donors (Lipinski definition) is 2. The summed E-state index contributed by atoms with van der Waals surface area (Å²) in [4.78, 5) is 10.2. The van der Waals surface area contributed by atoms with Crippen molar-refractivity contribution in [2.45, 2.75) is 24.7 Å². The van der Waals surface area contributed by atoms with Crippen molar-refractivity contribution in [2.75, 3.05) is 19.6 Å². The number of hydrogen-bond acceptors (Lipinski definition) is 5. The molecular weight excluding hydrogens is 330 g/mol. The van der Waals surface area contributed by atoms with Gasteiger partial charge in [0.25, 0.3) is 5.69 Å². The average molecular weight is 350 g/mol. The van der Waals surface area contributed by atoms with Gasteiger partial charge in [-0.05, 0) is 44.8 Å². The van der Waals surface area contributed by atoms with E-state index in [4.69, 9.17) is 0 Å². The SMILES string of the molecule is Cc1ccc(S(=O)(=O)NCCC2CCNC2)cc1[N+](=O)[O-].Cl. The quantitative estimate of drug-likeness (QED) is 0.600. The van der Waals surface area contributed by atoms with E-state index in [0.717, 1.165) is 32.0 Å². The number of nitro benzene ring substituents is 1. The van der Waals surface area contributed by atoms with Crippen LogP contribution in [-0.2, 0) is 10.0 Å². The molecule has 0 aliphatic carbocycles. The van der Waals surface area contributed by atoms with Crippen LogP contribution in [0.1, 0.15) is 18.4 Å². The summed E-state index contributed by atoms with van der Waals surface area (Å²) in [6.45, 7) is 3.81. The largest absolute Gasteiger partial charge is 0.316 e. The van der Waals surface area contributed by atoms with Gasteiger partial charge in [-0.25, -0.2) is 13.1 Å². The molecule has 0 saturated carbocycles. The molecule has 2 N–H and O–H groups in total. The normalized spacial score (nSPS) is 18.0. The predicted octanol–water partition coefficient (Wildman–Crippen LogP) is 1.60. The molecule has 1 aromatic carbocycles. The third-order valence-electron chi connectivity index (χ3n) is 3.69. The van der Waals surface area contributed by atoms with Gasteiger partial charge >= 0.3 is 0 Å². The first-order chi connectivity index (χ1) is 9.90. The van der Waals surface area contributed by atoms with Gasteiger partial charge in [0.05, 0.1) is 9.82 Å². The molecule has 1 saturated heterocycles. The Hall–Kier alpha value is -1.22. The second kappa shape index (κ2) is 7.87. The minimum Gasteiger partial charge on any atom is -0.316 e. The predicted molar refractivity (Wildman–Crippen MR) is 85.9 cm³/mol. The number of benzene rings is 1. The van der Waals surface area contributed by atoms with Crippen molar-refractivity contribution in [3.8, 4) is 0 Å². The standard InChI is InChI=1S/C13H19N3O4S.ClH/c1-10-2-3-12(8-13(10)16(17)18)21(19,20)15-7-5-11-4-6-14-9-11;/h2-3,8,11,14-15H,4-7,9H2,1H3;1H. The summed E-state index contributed by atoms with van der Waals surface area (Å²) in [5.74, 6) is 0.486. The van der Waals surface area contributed by atoms with Gasteiger partial charge in [-0.2, -0.15) is 0 Å². The first-order valence-corrected chi connectivity index (χ1v) is 8.34. The van der Waals surface area contributed by atoms with Crippen molar-refractivity contribution in [2.24, 2.45) is 5.92 Å². The Morgan fingerprint density at radius 2 is 2.18 bits per heavy atom. The van der Waals surface area contributed by atoms with Gasteiger partial charge in [-0.3, -0.25) is 10.1 Å². The van der Waals surface area contributed by atoms with E-state index in [2.05, 4.69) is 10.0 Å². The number of sulfonamides is 1. The fourth-order valence-corrected chi connectivity index (χ4v) is 3.46. The van der Waals surface area contributed by atoms with E-state index in [9.17, 15) is 18.5 Å². The Balaban J connectivity index is 0.00000242. The number of nitrogens with zero attached hydrogens (tertiary/aromatic N) is 1. The van der Waals surface area contributed by atoms with E-state index < -0.39 is 14.9 Å². The summed E-state index contributed by atoms with van der Waals surface area (Å²) < 4.78 is 26.8. The van der Waals surface area contributed by atoms with Crippen LogP contribution < -0.4 is 10.0 Å². The summed E-state index contributed by atoms with van der Waals surface area (Å²) in [6.07, 6.45) is 1.82. The van der Waals surface area contributed by atoms with Crippen LogP contribution in [-0.4, -0.2) is 33.0 Å². The maximum absolute atomic E-state index is 12.1. The van der Waals surface area contributed by atoms with Crippen LogP contribution in [0.3, 0.4) is 0 Å². The highest BCUT2D eigenvalue weighted by molar-refractivity contribution is 7.89. The molecule has 0 amide bonds.